The van der Waals surface area contributed by atoms with Gasteiger partial charge >= 0.3 is 0 Å². The number of benzene rings is 2. The minimum Gasteiger partial charge on any atom is -0.495 e. The fraction of sp³-hybridized carbons (Fsp3) is 0.435. The standard InChI is InChI=1S/C23H29ClN2O6S/c1-25(17-7-5-6-8-17)23(27)15-26(19-13-16(24)9-11-20(19)30-2)33(28,29)18-10-12-21(31-3)22(14-18)32-4/h9-14,17H,5-8,15H2,1-4H3. The van der Waals surface area contributed by atoms with Crippen molar-refractivity contribution >= 4 is 33.2 Å². The molecule has 0 saturated heterocycles. The van der Waals surface area contributed by atoms with Crippen LogP contribution >= 0.6 is 11.6 Å². The third kappa shape index (κ3) is 5.30. The Kier molecular flexibility index (Phi) is 7.97. The zero-order chi connectivity index (χ0) is 24.2. The van der Waals surface area contributed by atoms with Crippen molar-refractivity contribution in [3.63, 3.8) is 0 Å². The molecule has 180 valence electrons. The molecular formula is C23H29ClN2O6S. The lowest BCUT2D eigenvalue weighted by atomic mass is 10.2. The van der Waals surface area contributed by atoms with Gasteiger partial charge in [0.25, 0.3) is 10.0 Å². The number of ether oxygens (including phenoxy) is 3. The molecule has 3 rings (SSSR count). The molecule has 8 nitrogen and oxygen atoms in total. The largest absolute Gasteiger partial charge is 0.495 e. The van der Waals surface area contributed by atoms with Gasteiger partial charge in [0.1, 0.15) is 12.3 Å². The van der Waals surface area contributed by atoms with Gasteiger partial charge in [-0.2, -0.15) is 0 Å². The van der Waals surface area contributed by atoms with E-state index >= 15 is 0 Å². The molecule has 0 aliphatic heterocycles. The Balaban J connectivity index is 2.08. The number of amides is 1. The number of anilines is 1. The average molecular weight is 497 g/mol. The highest BCUT2D eigenvalue weighted by Crippen LogP contribution is 2.37. The summed E-state index contributed by atoms with van der Waals surface area (Å²) in [6, 6.07) is 9.02. The van der Waals surface area contributed by atoms with Gasteiger partial charge in [-0.05, 0) is 43.2 Å². The van der Waals surface area contributed by atoms with E-state index in [1.165, 1.54) is 45.6 Å². The summed E-state index contributed by atoms with van der Waals surface area (Å²) in [6.45, 7) is -0.402. The number of carbonyl (C=O) groups is 1. The molecule has 33 heavy (non-hydrogen) atoms. The molecule has 1 amide bonds. The predicted octanol–water partition coefficient (Wildman–Crippen LogP) is 3.96. The summed E-state index contributed by atoms with van der Waals surface area (Å²) in [5.41, 5.74) is 0.174. The van der Waals surface area contributed by atoms with Crippen molar-refractivity contribution in [1.29, 1.82) is 0 Å². The molecule has 0 N–H and O–H groups in total. The number of hydrogen-bond donors (Lipinski definition) is 0. The maximum absolute atomic E-state index is 13.8. The molecule has 0 unspecified atom stereocenters. The van der Waals surface area contributed by atoms with Gasteiger partial charge in [-0.1, -0.05) is 24.4 Å². The molecule has 1 aliphatic carbocycles. The van der Waals surface area contributed by atoms with Gasteiger partial charge in [-0.3, -0.25) is 9.10 Å². The van der Waals surface area contributed by atoms with E-state index in [9.17, 15) is 13.2 Å². The third-order valence-corrected chi connectivity index (χ3v) is 7.89. The maximum Gasteiger partial charge on any atom is 0.265 e. The third-order valence-electron chi connectivity index (χ3n) is 5.90. The van der Waals surface area contributed by atoms with E-state index in [4.69, 9.17) is 25.8 Å². The number of rotatable bonds is 9. The van der Waals surface area contributed by atoms with Crippen molar-refractivity contribution < 1.29 is 27.4 Å². The molecule has 2 aromatic carbocycles. The van der Waals surface area contributed by atoms with Crippen LogP contribution in [0.4, 0.5) is 5.69 Å². The highest BCUT2D eigenvalue weighted by atomic mass is 35.5. The summed E-state index contributed by atoms with van der Waals surface area (Å²) in [4.78, 5) is 14.8. The van der Waals surface area contributed by atoms with Crippen LogP contribution in [0.15, 0.2) is 41.3 Å². The summed E-state index contributed by atoms with van der Waals surface area (Å²) in [7, 11) is 1.83. The summed E-state index contributed by atoms with van der Waals surface area (Å²) in [5.74, 6) is 0.610. The molecule has 0 radical (unpaired) electrons. The normalized spacial score (nSPS) is 14.1. The van der Waals surface area contributed by atoms with Crippen LogP contribution in [-0.2, 0) is 14.8 Å². The zero-order valence-electron chi connectivity index (χ0n) is 19.2. The first kappa shape index (κ1) is 25.0. The predicted molar refractivity (Wildman–Crippen MR) is 127 cm³/mol. The van der Waals surface area contributed by atoms with Crippen molar-refractivity contribution in [2.75, 3.05) is 39.2 Å². The van der Waals surface area contributed by atoms with Crippen LogP contribution in [0, 0.1) is 0 Å². The number of methoxy groups -OCH3 is 3. The summed E-state index contributed by atoms with van der Waals surface area (Å²) in [6.07, 6.45) is 3.92. The van der Waals surface area contributed by atoms with Gasteiger partial charge in [0.05, 0.1) is 31.9 Å². The van der Waals surface area contributed by atoms with Crippen LogP contribution in [0.2, 0.25) is 5.02 Å². The lowest BCUT2D eigenvalue weighted by Crippen LogP contribution is -2.44. The fourth-order valence-corrected chi connectivity index (χ4v) is 5.59. The first-order valence-corrected chi connectivity index (χ1v) is 12.4. The lowest BCUT2D eigenvalue weighted by Gasteiger charge is -2.30. The topological polar surface area (TPSA) is 85.4 Å². The first-order chi connectivity index (χ1) is 15.7. The van der Waals surface area contributed by atoms with Crippen molar-refractivity contribution in [2.24, 2.45) is 0 Å². The Bertz CT molecular complexity index is 1100. The van der Waals surface area contributed by atoms with Gasteiger partial charge in [-0.25, -0.2) is 8.42 Å². The molecular weight excluding hydrogens is 468 g/mol. The summed E-state index contributed by atoms with van der Waals surface area (Å²) < 4.78 is 44.6. The lowest BCUT2D eigenvalue weighted by molar-refractivity contribution is -0.130. The SMILES string of the molecule is COc1ccc(S(=O)(=O)N(CC(=O)N(C)C2CCCC2)c2cc(Cl)ccc2OC)cc1OC. The van der Waals surface area contributed by atoms with Crippen molar-refractivity contribution in [3.05, 3.63) is 41.4 Å². The maximum atomic E-state index is 13.8. The number of likely N-dealkylation sites (N-methyl/N-ethyl adjacent to an activating group) is 1. The van der Waals surface area contributed by atoms with Crippen LogP contribution in [-0.4, -0.2) is 60.2 Å². The zero-order valence-corrected chi connectivity index (χ0v) is 20.8. The summed E-state index contributed by atoms with van der Waals surface area (Å²) >= 11 is 6.19. The fourth-order valence-electron chi connectivity index (χ4n) is 3.99. The van der Waals surface area contributed by atoms with Crippen LogP contribution in [0.25, 0.3) is 0 Å². The minimum atomic E-state index is -4.20. The number of hydrogen-bond acceptors (Lipinski definition) is 6. The van der Waals surface area contributed by atoms with E-state index in [0.717, 1.165) is 30.0 Å². The van der Waals surface area contributed by atoms with E-state index in [2.05, 4.69) is 0 Å². The number of sulfonamides is 1. The highest BCUT2D eigenvalue weighted by molar-refractivity contribution is 7.92. The smallest absolute Gasteiger partial charge is 0.265 e. The van der Waals surface area contributed by atoms with Gasteiger partial charge in [-0.15, -0.1) is 0 Å². The molecule has 0 atom stereocenters. The second-order valence-corrected chi connectivity index (χ2v) is 10.1. The van der Waals surface area contributed by atoms with Crippen LogP contribution in [0.1, 0.15) is 25.7 Å². The molecule has 1 fully saturated rings. The van der Waals surface area contributed by atoms with E-state index < -0.39 is 16.6 Å². The first-order valence-electron chi connectivity index (χ1n) is 10.6. The summed E-state index contributed by atoms with van der Waals surface area (Å²) in [5, 5.41) is 0.315. The second-order valence-electron chi connectivity index (χ2n) is 7.79. The van der Waals surface area contributed by atoms with Crippen LogP contribution < -0.4 is 18.5 Å². The molecule has 1 saturated carbocycles. The highest BCUT2D eigenvalue weighted by Gasteiger charge is 2.33. The monoisotopic (exact) mass is 496 g/mol. The van der Waals surface area contributed by atoms with E-state index in [1.54, 1.807) is 24.1 Å². The number of halogens is 1. The van der Waals surface area contributed by atoms with E-state index in [1.807, 2.05) is 0 Å². The minimum absolute atomic E-state index is 0.0569. The quantitative estimate of drug-likeness (QED) is 0.522. The van der Waals surface area contributed by atoms with Gasteiger partial charge in [0.2, 0.25) is 5.91 Å². The van der Waals surface area contributed by atoms with Crippen molar-refractivity contribution in [2.45, 2.75) is 36.6 Å². The Morgan fingerprint density at radius 2 is 1.58 bits per heavy atom. The average Bonchev–Trinajstić information content (AvgIpc) is 3.36. The van der Waals surface area contributed by atoms with Crippen LogP contribution in [0.3, 0.4) is 0 Å². The molecule has 10 heteroatoms. The molecule has 0 spiro atoms. The van der Waals surface area contributed by atoms with Gasteiger partial charge < -0.3 is 19.1 Å². The molecule has 0 heterocycles. The van der Waals surface area contributed by atoms with E-state index in [0.29, 0.717) is 10.8 Å². The number of nitrogens with zero attached hydrogens (tertiary/aromatic N) is 2. The van der Waals surface area contributed by atoms with Gasteiger partial charge in [0.15, 0.2) is 11.5 Å². The Morgan fingerprint density at radius 1 is 0.970 bits per heavy atom. The van der Waals surface area contributed by atoms with Gasteiger partial charge in [0, 0.05) is 24.2 Å². The molecule has 0 bridgehead atoms. The second kappa shape index (κ2) is 10.5. The Morgan fingerprint density at radius 3 is 2.18 bits per heavy atom. The number of carbonyl (C=O) groups excluding carboxylic acids is 1. The van der Waals surface area contributed by atoms with E-state index in [-0.39, 0.29) is 34.0 Å². The van der Waals surface area contributed by atoms with Crippen LogP contribution in [0.5, 0.6) is 17.2 Å². The Labute approximate surface area is 200 Å². The molecule has 1 aliphatic rings. The van der Waals surface area contributed by atoms with Crippen molar-refractivity contribution in [3.8, 4) is 17.2 Å². The Hall–Kier alpha value is -2.65. The molecule has 0 aromatic heterocycles. The van der Waals surface area contributed by atoms with Crippen molar-refractivity contribution in [1.82, 2.24) is 4.90 Å². The molecule has 2 aromatic rings.